The Bertz CT molecular complexity index is 344. The maximum Gasteiger partial charge on any atom is 0.191 e. The molecule has 0 spiro atoms. The van der Waals surface area contributed by atoms with E-state index in [0.29, 0.717) is 0 Å². The maximum absolute atomic E-state index is 10.2. The van der Waals surface area contributed by atoms with Crippen LogP contribution < -0.4 is 0 Å². The highest BCUT2D eigenvalue weighted by atomic mass is 32.2. The number of nitrogens with zero attached hydrogens (tertiary/aromatic N) is 3. The van der Waals surface area contributed by atoms with Crippen molar-refractivity contribution in [1.29, 1.82) is 0 Å². The molecule has 0 atom stereocenters. The Morgan fingerprint density at radius 1 is 1.40 bits per heavy atom. The molecule has 0 bridgehead atoms. The van der Waals surface area contributed by atoms with E-state index in [1.807, 2.05) is 18.5 Å². The van der Waals surface area contributed by atoms with Gasteiger partial charge in [0, 0.05) is 12.8 Å². The van der Waals surface area contributed by atoms with Gasteiger partial charge in [-0.25, -0.2) is 0 Å². The molecule has 1 fully saturated rings. The molecule has 5 heteroatoms. The lowest BCUT2D eigenvalue weighted by Gasteiger charge is -2.20. The first-order chi connectivity index (χ1) is 7.11. The van der Waals surface area contributed by atoms with Gasteiger partial charge in [-0.3, -0.25) is 0 Å². The Hall–Kier alpha value is -0.550. The van der Waals surface area contributed by atoms with Gasteiger partial charge in [-0.15, -0.1) is 10.2 Å². The summed E-state index contributed by atoms with van der Waals surface area (Å²) < 4.78 is 1.96. The summed E-state index contributed by atoms with van der Waals surface area (Å²) in [7, 11) is 1.95. The zero-order valence-electron chi connectivity index (χ0n) is 9.23. The largest absolute Gasteiger partial charge is 0.389 e. The molecule has 1 saturated carbocycles. The second kappa shape index (κ2) is 4.14. The van der Waals surface area contributed by atoms with Crippen LogP contribution in [0.1, 0.15) is 31.5 Å². The van der Waals surface area contributed by atoms with E-state index in [2.05, 4.69) is 10.2 Å². The Morgan fingerprint density at radius 3 is 2.60 bits per heavy atom. The van der Waals surface area contributed by atoms with Gasteiger partial charge in [-0.1, -0.05) is 24.6 Å². The van der Waals surface area contributed by atoms with Gasteiger partial charge in [0.1, 0.15) is 5.82 Å². The molecule has 4 nitrogen and oxygen atoms in total. The fourth-order valence-electron chi connectivity index (χ4n) is 1.89. The second-order valence-corrected chi connectivity index (χ2v) is 5.25. The Labute approximate surface area is 94.1 Å². The van der Waals surface area contributed by atoms with Crippen molar-refractivity contribution >= 4 is 11.8 Å². The molecule has 15 heavy (non-hydrogen) atoms. The van der Waals surface area contributed by atoms with Crippen molar-refractivity contribution in [2.45, 2.75) is 43.4 Å². The smallest absolute Gasteiger partial charge is 0.191 e. The van der Waals surface area contributed by atoms with E-state index in [1.54, 1.807) is 11.8 Å². The molecule has 1 aliphatic rings. The first-order valence-electron chi connectivity index (χ1n) is 5.32. The van der Waals surface area contributed by atoms with E-state index in [0.717, 1.165) is 42.4 Å². The third-order valence-corrected chi connectivity index (χ3v) is 4.35. The van der Waals surface area contributed by atoms with Crippen LogP contribution in [0.2, 0.25) is 0 Å². The zero-order valence-corrected chi connectivity index (χ0v) is 10.0. The highest BCUT2D eigenvalue weighted by molar-refractivity contribution is 7.99. The van der Waals surface area contributed by atoms with Crippen LogP contribution >= 0.6 is 11.8 Å². The third-order valence-electron chi connectivity index (χ3n) is 3.06. The van der Waals surface area contributed by atoms with Crippen molar-refractivity contribution in [3.8, 4) is 0 Å². The molecule has 1 aromatic rings. The van der Waals surface area contributed by atoms with E-state index in [1.165, 1.54) is 0 Å². The minimum Gasteiger partial charge on any atom is -0.389 e. The minimum atomic E-state index is -0.468. The van der Waals surface area contributed by atoms with E-state index < -0.39 is 5.60 Å². The highest BCUT2D eigenvalue weighted by Gasteiger charge is 2.31. The maximum atomic E-state index is 10.2. The number of aliphatic hydroxyl groups is 1. The van der Waals surface area contributed by atoms with Crippen LogP contribution in [0.25, 0.3) is 0 Å². The average Bonchev–Trinajstić information content (AvgIpc) is 2.75. The zero-order chi connectivity index (χ0) is 10.9. The molecule has 0 unspecified atom stereocenters. The van der Waals surface area contributed by atoms with Gasteiger partial charge in [0.15, 0.2) is 5.16 Å². The molecule has 0 saturated heterocycles. The van der Waals surface area contributed by atoms with Gasteiger partial charge in [0.05, 0.1) is 5.60 Å². The number of aryl methyl sites for hydroxylation is 1. The molecular formula is C10H17N3OS. The monoisotopic (exact) mass is 227 g/mol. The number of hydrogen-bond donors (Lipinski definition) is 1. The fourth-order valence-corrected chi connectivity index (χ4v) is 3.00. The molecular weight excluding hydrogens is 210 g/mol. The van der Waals surface area contributed by atoms with Gasteiger partial charge in [0.2, 0.25) is 0 Å². The summed E-state index contributed by atoms with van der Waals surface area (Å²) in [6.07, 6.45) is 4.15. The summed E-state index contributed by atoms with van der Waals surface area (Å²) in [4.78, 5) is 0. The van der Waals surface area contributed by atoms with Crippen molar-refractivity contribution in [3.05, 3.63) is 5.82 Å². The van der Waals surface area contributed by atoms with Crippen molar-refractivity contribution in [2.75, 3.05) is 5.75 Å². The Morgan fingerprint density at radius 2 is 2.07 bits per heavy atom. The molecule has 84 valence electrons. The van der Waals surface area contributed by atoms with Crippen molar-refractivity contribution in [2.24, 2.45) is 7.05 Å². The van der Waals surface area contributed by atoms with Crippen LogP contribution in [0, 0.1) is 6.92 Å². The summed E-state index contributed by atoms with van der Waals surface area (Å²) >= 11 is 1.60. The van der Waals surface area contributed by atoms with Crippen molar-refractivity contribution in [1.82, 2.24) is 14.8 Å². The summed E-state index contributed by atoms with van der Waals surface area (Å²) in [5, 5.41) is 19.1. The number of thioether (sulfide) groups is 1. The molecule has 0 aliphatic heterocycles. The molecule has 1 aliphatic carbocycles. The third kappa shape index (κ3) is 2.34. The van der Waals surface area contributed by atoms with Crippen LogP contribution in [0.5, 0.6) is 0 Å². The van der Waals surface area contributed by atoms with E-state index in [9.17, 15) is 5.11 Å². The Kier molecular flexibility index (Phi) is 3.02. The van der Waals surface area contributed by atoms with Crippen LogP contribution in [-0.2, 0) is 7.05 Å². The molecule has 2 rings (SSSR count). The molecule has 0 aromatic carbocycles. The van der Waals surface area contributed by atoms with Gasteiger partial charge >= 0.3 is 0 Å². The number of aromatic nitrogens is 3. The quantitative estimate of drug-likeness (QED) is 0.795. The predicted molar refractivity (Wildman–Crippen MR) is 59.9 cm³/mol. The van der Waals surface area contributed by atoms with Gasteiger partial charge in [-0.2, -0.15) is 0 Å². The molecule has 0 amide bonds. The molecule has 1 N–H and O–H groups in total. The Balaban J connectivity index is 1.95. The average molecular weight is 227 g/mol. The lowest BCUT2D eigenvalue weighted by molar-refractivity contribution is 0.0732. The van der Waals surface area contributed by atoms with Gasteiger partial charge in [0.25, 0.3) is 0 Å². The lowest BCUT2D eigenvalue weighted by Crippen LogP contribution is -2.27. The topological polar surface area (TPSA) is 50.9 Å². The fraction of sp³-hybridized carbons (Fsp3) is 0.800. The van der Waals surface area contributed by atoms with Crippen molar-refractivity contribution in [3.63, 3.8) is 0 Å². The van der Waals surface area contributed by atoms with Crippen LogP contribution in [0.15, 0.2) is 5.16 Å². The second-order valence-electron chi connectivity index (χ2n) is 4.31. The molecule has 1 heterocycles. The number of rotatable bonds is 3. The van der Waals surface area contributed by atoms with Crippen LogP contribution in [-0.4, -0.2) is 31.2 Å². The first-order valence-corrected chi connectivity index (χ1v) is 6.30. The molecule has 0 radical (unpaired) electrons. The van der Waals surface area contributed by atoms with E-state index in [4.69, 9.17) is 0 Å². The minimum absolute atomic E-state index is 0.468. The van der Waals surface area contributed by atoms with Crippen LogP contribution in [0.3, 0.4) is 0 Å². The SMILES string of the molecule is Cc1nnc(SCC2(O)CCCC2)n1C. The summed E-state index contributed by atoms with van der Waals surface area (Å²) in [5.74, 6) is 1.65. The van der Waals surface area contributed by atoms with Gasteiger partial charge in [-0.05, 0) is 19.8 Å². The highest BCUT2D eigenvalue weighted by Crippen LogP contribution is 2.34. The van der Waals surface area contributed by atoms with Gasteiger partial charge < -0.3 is 9.67 Å². The molecule has 1 aromatic heterocycles. The summed E-state index contributed by atoms with van der Waals surface area (Å²) in [5.41, 5.74) is -0.468. The lowest BCUT2D eigenvalue weighted by atomic mass is 10.1. The normalized spacial score (nSPS) is 19.7. The van der Waals surface area contributed by atoms with E-state index in [-0.39, 0.29) is 0 Å². The number of hydrogen-bond acceptors (Lipinski definition) is 4. The van der Waals surface area contributed by atoms with Crippen molar-refractivity contribution < 1.29 is 5.11 Å². The van der Waals surface area contributed by atoms with Crippen LogP contribution in [0.4, 0.5) is 0 Å². The predicted octanol–water partition coefficient (Wildman–Crippen LogP) is 1.52. The standard InChI is InChI=1S/C10H17N3OS/c1-8-11-12-9(13(8)2)15-7-10(14)5-3-4-6-10/h14H,3-7H2,1-2H3. The summed E-state index contributed by atoms with van der Waals surface area (Å²) in [6.45, 7) is 1.93. The first kappa shape index (κ1) is 11.0. The summed E-state index contributed by atoms with van der Waals surface area (Å²) in [6, 6.07) is 0. The van der Waals surface area contributed by atoms with E-state index >= 15 is 0 Å².